The van der Waals surface area contributed by atoms with Crippen LogP contribution in [0.3, 0.4) is 0 Å². The molecule has 0 aromatic rings. The summed E-state index contributed by atoms with van der Waals surface area (Å²) >= 11 is 0. The van der Waals surface area contributed by atoms with Crippen molar-refractivity contribution in [3.8, 4) is 0 Å². The fourth-order valence-corrected chi connectivity index (χ4v) is 1.83. The average molecular weight is 206 g/mol. The summed E-state index contributed by atoms with van der Waals surface area (Å²) in [5.41, 5.74) is 0. The first-order chi connectivity index (χ1) is 6.59. The van der Waals surface area contributed by atoms with Crippen LogP contribution in [0, 0.1) is 5.92 Å². The van der Waals surface area contributed by atoms with Crippen molar-refractivity contribution in [3.63, 3.8) is 0 Å². The topological polar surface area (TPSA) is 15.3 Å². The van der Waals surface area contributed by atoms with Crippen molar-refractivity contribution in [2.75, 3.05) is 26.2 Å². The highest BCUT2D eigenvalue weighted by Gasteiger charge is 2.21. The standard InChI is InChI=1S/C10H20F2N2/c1-8(2)9-6-14(7-10(11)12)5-3-4-13-9/h8-10,13H,3-7H2,1-2H3. The van der Waals surface area contributed by atoms with Crippen LogP contribution in [0.25, 0.3) is 0 Å². The van der Waals surface area contributed by atoms with Gasteiger partial charge in [-0.2, -0.15) is 0 Å². The summed E-state index contributed by atoms with van der Waals surface area (Å²) < 4.78 is 24.4. The summed E-state index contributed by atoms with van der Waals surface area (Å²) in [5.74, 6) is 0.508. The Morgan fingerprint density at radius 3 is 2.71 bits per heavy atom. The van der Waals surface area contributed by atoms with Crippen molar-refractivity contribution in [1.29, 1.82) is 0 Å². The van der Waals surface area contributed by atoms with Crippen molar-refractivity contribution in [3.05, 3.63) is 0 Å². The van der Waals surface area contributed by atoms with Crippen molar-refractivity contribution in [2.24, 2.45) is 5.92 Å². The van der Waals surface area contributed by atoms with Gasteiger partial charge >= 0.3 is 0 Å². The van der Waals surface area contributed by atoms with Crippen molar-refractivity contribution >= 4 is 0 Å². The van der Waals surface area contributed by atoms with Crippen LogP contribution in [0.5, 0.6) is 0 Å². The highest BCUT2D eigenvalue weighted by molar-refractivity contribution is 4.79. The van der Waals surface area contributed by atoms with E-state index in [-0.39, 0.29) is 6.54 Å². The lowest BCUT2D eigenvalue weighted by atomic mass is 10.0. The van der Waals surface area contributed by atoms with Crippen molar-refractivity contribution in [1.82, 2.24) is 10.2 Å². The van der Waals surface area contributed by atoms with E-state index in [1.54, 1.807) is 0 Å². The fourth-order valence-electron chi connectivity index (χ4n) is 1.83. The second-order valence-electron chi connectivity index (χ2n) is 4.31. The SMILES string of the molecule is CC(C)C1CN(CC(F)F)CCCN1. The first-order valence-electron chi connectivity index (χ1n) is 5.33. The zero-order valence-corrected chi connectivity index (χ0v) is 8.97. The third-order valence-electron chi connectivity index (χ3n) is 2.71. The lowest BCUT2D eigenvalue weighted by Gasteiger charge is -2.26. The molecule has 1 N–H and O–H groups in total. The molecular weight excluding hydrogens is 186 g/mol. The van der Waals surface area contributed by atoms with Crippen LogP contribution in [0.4, 0.5) is 8.78 Å². The molecule has 0 aromatic heterocycles. The molecule has 1 unspecified atom stereocenters. The third kappa shape index (κ3) is 3.88. The zero-order valence-electron chi connectivity index (χ0n) is 8.97. The number of nitrogens with zero attached hydrogens (tertiary/aromatic N) is 1. The Kier molecular flexibility index (Phi) is 4.75. The van der Waals surface area contributed by atoms with Gasteiger partial charge in [0, 0.05) is 12.6 Å². The van der Waals surface area contributed by atoms with Gasteiger partial charge in [-0.15, -0.1) is 0 Å². The minimum absolute atomic E-state index is 0.0785. The molecule has 0 saturated carbocycles. The van der Waals surface area contributed by atoms with Gasteiger partial charge in [-0.25, -0.2) is 8.78 Å². The number of halogens is 2. The van der Waals surface area contributed by atoms with E-state index in [9.17, 15) is 8.78 Å². The van der Waals surface area contributed by atoms with Crippen LogP contribution in [0.1, 0.15) is 20.3 Å². The molecule has 0 radical (unpaired) electrons. The van der Waals surface area contributed by atoms with Crippen molar-refractivity contribution in [2.45, 2.75) is 32.7 Å². The minimum atomic E-state index is -2.21. The zero-order chi connectivity index (χ0) is 10.6. The van der Waals surface area contributed by atoms with E-state index in [1.165, 1.54) is 0 Å². The normalized spacial score (nSPS) is 25.7. The van der Waals surface area contributed by atoms with E-state index in [1.807, 2.05) is 4.90 Å². The molecule has 1 atom stereocenters. The van der Waals surface area contributed by atoms with E-state index in [2.05, 4.69) is 19.2 Å². The Balaban J connectivity index is 2.43. The molecule has 14 heavy (non-hydrogen) atoms. The van der Waals surface area contributed by atoms with Gasteiger partial charge in [0.15, 0.2) is 0 Å². The fraction of sp³-hybridized carbons (Fsp3) is 1.00. The van der Waals surface area contributed by atoms with Gasteiger partial charge in [0.25, 0.3) is 6.43 Å². The van der Waals surface area contributed by atoms with Gasteiger partial charge in [0.1, 0.15) is 0 Å². The maximum Gasteiger partial charge on any atom is 0.251 e. The van der Waals surface area contributed by atoms with Gasteiger partial charge in [0.2, 0.25) is 0 Å². The minimum Gasteiger partial charge on any atom is -0.312 e. The number of hydrogen-bond acceptors (Lipinski definition) is 2. The molecule has 0 aliphatic carbocycles. The van der Waals surface area contributed by atoms with E-state index in [0.717, 1.165) is 26.1 Å². The maximum absolute atomic E-state index is 12.2. The smallest absolute Gasteiger partial charge is 0.251 e. The summed E-state index contributed by atoms with van der Waals surface area (Å²) in [7, 11) is 0. The van der Waals surface area contributed by atoms with Crippen LogP contribution in [-0.2, 0) is 0 Å². The van der Waals surface area contributed by atoms with E-state index in [0.29, 0.717) is 12.0 Å². The first-order valence-corrected chi connectivity index (χ1v) is 5.33. The highest BCUT2D eigenvalue weighted by atomic mass is 19.3. The van der Waals surface area contributed by atoms with Gasteiger partial charge in [-0.3, -0.25) is 4.90 Å². The average Bonchev–Trinajstić information content (AvgIpc) is 2.28. The largest absolute Gasteiger partial charge is 0.312 e. The van der Waals surface area contributed by atoms with Gasteiger partial charge < -0.3 is 5.32 Å². The highest BCUT2D eigenvalue weighted by Crippen LogP contribution is 2.09. The van der Waals surface area contributed by atoms with Gasteiger partial charge in [0.05, 0.1) is 6.54 Å². The Morgan fingerprint density at radius 1 is 1.43 bits per heavy atom. The van der Waals surface area contributed by atoms with E-state index >= 15 is 0 Å². The molecule has 0 amide bonds. The second-order valence-corrected chi connectivity index (χ2v) is 4.31. The molecule has 1 rings (SSSR count). The Labute approximate surface area is 84.7 Å². The molecule has 2 nitrogen and oxygen atoms in total. The summed E-state index contributed by atoms with van der Waals surface area (Å²) in [6, 6.07) is 0.358. The Bertz CT molecular complexity index is 162. The Morgan fingerprint density at radius 2 is 2.14 bits per heavy atom. The summed E-state index contributed by atoms with van der Waals surface area (Å²) in [6.45, 7) is 6.67. The number of hydrogen-bond donors (Lipinski definition) is 1. The molecule has 1 fully saturated rings. The van der Waals surface area contributed by atoms with E-state index in [4.69, 9.17) is 0 Å². The molecule has 0 aromatic carbocycles. The predicted molar refractivity (Wildman–Crippen MR) is 53.7 cm³/mol. The first kappa shape index (κ1) is 11.9. The number of alkyl halides is 2. The lowest BCUT2D eigenvalue weighted by molar-refractivity contribution is 0.0850. The van der Waals surface area contributed by atoms with Gasteiger partial charge in [-0.1, -0.05) is 13.8 Å². The van der Waals surface area contributed by atoms with Crippen LogP contribution in [-0.4, -0.2) is 43.5 Å². The number of rotatable bonds is 3. The number of nitrogens with one attached hydrogen (secondary N) is 1. The molecular formula is C10H20F2N2. The molecule has 1 saturated heterocycles. The summed E-state index contributed by atoms with van der Waals surface area (Å²) in [5, 5.41) is 3.40. The summed E-state index contributed by atoms with van der Waals surface area (Å²) in [4.78, 5) is 1.87. The van der Waals surface area contributed by atoms with Crippen LogP contribution in [0.15, 0.2) is 0 Å². The third-order valence-corrected chi connectivity index (χ3v) is 2.71. The van der Waals surface area contributed by atoms with Crippen molar-refractivity contribution < 1.29 is 8.78 Å². The Hall–Kier alpha value is -0.220. The second kappa shape index (κ2) is 5.61. The monoisotopic (exact) mass is 206 g/mol. The predicted octanol–water partition coefficient (Wildman–Crippen LogP) is 1.57. The molecule has 1 aliphatic rings. The van der Waals surface area contributed by atoms with Crippen LogP contribution >= 0.6 is 0 Å². The molecule has 1 heterocycles. The van der Waals surface area contributed by atoms with Gasteiger partial charge in [-0.05, 0) is 25.4 Å². The van der Waals surface area contributed by atoms with E-state index < -0.39 is 6.43 Å². The quantitative estimate of drug-likeness (QED) is 0.754. The maximum atomic E-state index is 12.2. The molecule has 1 aliphatic heterocycles. The van der Waals surface area contributed by atoms with Crippen LogP contribution in [0.2, 0.25) is 0 Å². The molecule has 4 heteroatoms. The summed E-state index contributed by atoms with van der Waals surface area (Å²) in [6.07, 6.45) is -1.24. The molecule has 0 spiro atoms. The lowest BCUT2D eigenvalue weighted by Crippen LogP contribution is -2.42. The molecule has 84 valence electrons. The molecule has 0 bridgehead atoms. The van der Waals surface area contributed by atoms with Crippen LogP contribution < -0.4 is 5.32 Å².